The Morgan fingerprint density at radius 3 is 1.96 bits per heavy atom. The van der Waals surface area contributed by atoms with Crippen LogP contribution in [-0.2, 0) is 14.2 Å². The van der Waals surface area contributed by atoms with Crippen LogP contribution in [0.1, 0.15) is 61.3 Å². The smallest absolute Gasteiger partial charge is 0.161 e. The molecule has 0 amide bonds. The maximum atomic E-state index is 10.4. The standard InChI is InChI=1S/C19H36O4/c1-8-15-17(20)11(4)13(6)19(22-15)23-18-12(5)10(3)14(7)21-16(18)9-2/h10-20H,8-9H2,1-7H3/t10?,11-,12+,13?,14-,15?,16?,17+,18-,19+/m1/s1. The molecule has 2 saturated heterocycles. The number of ether oxygens (including phenoxy) is 3. The zero-order chi connectivity index (χ0) is 17.3. The van der Waals surface area contributed by atoms with Gasteiger partial charge < -0.3 is 19.3 Å². The first-order chi connectivity index (χ1) is 10.8. The molecule has 136 valence electrons. The summed E-state index contributed by atoms with van der Waals surface area (Å²) in [4.78, 5) is 0. The lowest BCUT2D eigenvalue weighted by molar-refractivity contribution is -0.307. The fraction of sp³-hybridized carbons (Fsp3) is 1.00. The Morgan fingerprint density at radius 2 is 1.39 bits per heavy atom. The second-order valence-electron chi connectivity index (χ2n) is 7.77. The third-order valence-corrected chi connectivity index (χ3v) is 6.43. The Morgan fingerprint density at radius 1 is 0.783 bits per heavy atom. The minimum absolute atomic E-state index is 0.0543. The van der Waals surface area contributed by atoms with Crippen molar-refractivity contribution < 1.29 is 19.3 Å². The van der Waals surface area contributed by atoms with Crippen LogP contribution in [-0.4, -0.2) is 41.9 Å². The number of rotatable bonds is 4. The van der Waals surface area contributed by atoms with Gasteiger partial charge in [0.15, 0.2) is 6.29 Å². The molecule has 2 aliphatic heterocycles. The third kappa shape index (κ3) is 3.76. The molecule has 4 nitrogen and oxygen atoms in total. The van der Waals surface area contributed by atoms with Crippen LogP contribution in [0.5, 0.6) is 0 Å². The normalized spacial score (nSPS) is 51.7. The van der Waals surface area contributed by atoms with Crippen molar-refractivity contribution in [3.63, 3.8) is 0 Å². The number of aliphatic hydroxyl groups is 1. The summed E-state index contributed by atoms with van der Waals surface area (Å²) < 4.78 is 18.8. The van der Waals surface area contributed by atoms with Gasteiger partial charge in [0.1, 0.15) is 0 Å². The minimum atomic E-state index is -0.407. The molecule has 0 radical (unpaired) electrons. The van der Waals surface area contributed by atoms with Gasteiger partial charge >= 0.3 is 0 Å². The summed E-state index contributed by atoms with van der Waals surface area (Å²) in [5.41, 5.74) is 0. The molecular weight excluding hydrogens is 292 g/mol. The van der Waals surface area contributed by atoms with E-state index in [0.29, 0.717) is 11.8 Å². The van der Waals surface area contributed by atoms with Crippen molar-refractivity contribution in [2.45, 2.75) is 98.1 Å². The topological polar surface area (TPSA) is 47.9 Å². The van der Waals surface area contributed by atoms with Crippen LogP contribution in [0.2, 0.25) is 0 Å². The summed E-state index contributed by atoms with van der Waals surface area (Å²) in [6.45, 7) is 15.1. The van der Waals surface area contributed by atoms with Crippen molar-refractivity contribution >= 4 is 0 Å². The lowest BCUT2D eigenvalue weighted by Gasteiger charge is -2.48. The van der Waals surface area contributed by atoms with Gasteiger partial charge in [-0.2, -0.15) is 0 Å². The molecule has 2 heterocycles. The number of hydrogen-bond acceptors (Lipinski definition) is 4. The Balaban J connectivity index is 2.11. The van der Waals surface area contributed by atoms with Crippen LogP contribution in [0, 0.1) is 23.7 Å². The fourth-order valence-corrected chi connectivity index (χ4v) is 4.01. The average molecular weight is 328 g/mol. The van der Waals surface area contributed by atoms with Crippen LogP contribution in [0.25, 0.3) is 0 Å². The molecule has 23 heavy (non-hydrogen) atoms. The Kier molecular flexibility index (Phi) is 6.51. The molecule has 2 rings (SSSR count). The van der Waals surface area contributed by atoms with E-state index >= 15 is 0 Å². The maximum absolute atomic E-state index is 10.4. The van der Waals surface area contributed by atoms with Crippen molar-refractivity contribution in [1.29, 1.82) is 0 Å². The van der Waals surface area contributed by atoms with Crippen LogP contribution in [0.3, 0.4) is 0 Å². The number of hydrogen-bond donors (Lipinski definition) is 1. The molecule has 10 atom stereocenters. The van der Waals surface area contributed by atoms with Crippen molar-refractivity contribution in [2.24, 2.45) is 23.7 Å². The van der Waals surface area contributed by atoms with Gasteiger partial charge in [-0.05, 0) is 37.5 Å². The van der Waals surface area contributed by atoms with Crippen molar-refractivity contribution in [2.75, 3.05) is 0 Å². The van der Waals surface area contributed by atoms with Crippen molar-refractivity contribution in [3.05, 3.63) is 0 Å². The quantitative estimate of drug-likeness (QED) is 0.856. The van der Waals surface area contributed by atoms with Gasteiger partial charge in [0.2, 0.25) is 0 Å². The highest BCUT2D eigenvalue weighted by Crippen LogP contribution is 2.38. The van der Waals surface area contributed by atoms with Gasteiger partial charge in [0.05, 0.1) is 30.5 Å². The van der Waals surface area contributed by atoms with Gasteiger partial charge in [-0.3, -0.25) is 0 Å². The highest BCUT2D eigenvalue weighted by Gasteiger charge is 2.45. The molecule has 0 aromatic carbocycles. The summed E-state index contributed by atoms with van der Waals surface area (Å²) in [6.07, 6.45) is 1.39. The molecule has 0 aromatic heterocycles. The lowest BCUT2D eigenvalue weighted by Crippen LogP contribution is -2.55. The molecule has 2 aliphatic rings. The largest absolute Gasteiger partial charge is 0.390 e. The predicted octanol–water partition coefficient (Wildman–Crippen LogP) is 3.61. The van der Waals surface area contributed by atoms with Gasteiger partial charge in [0.25, 0.3) is 0 Å². The van der Waals surface area contributed by atoms with Crippen molar-refractivity contribution in [1.82, 2.24) is 0 Å². The van der Waals surface area contributed by atoms with Crippen LogP contribution in [0.15, 0.2) is 0 Å². The van der Waals surface area contributed by atoms with Gasteiger partial charge in [-0.1, -0.05) is 41.5 Å². The van der Waals surface area contributed by atoms with E-state index in [9.17, 15) is 5.11 Å². The zero-order valence-corrected chi connectivity index (χ0v) is 15.9. The lowest BCUT2D eigenvalue weighted by atomic mass is 9.80. The van der Waals surface area contributed by atoms with Gasteiger partial charge in [-0.25, -0.2) is 0 Å². The molecule has 4 unspecified atom stereocenters. The van der Waals surface area contributed by atoms with Crippen LogP contribution < -0.4 is 0 Å². The Hall–Kier alpha value is -0.160. The second-order valence-corrected chi connectivity index (χ2v) is 7.77. The predicted molar refractivity (Wildman–Crippen MR) is 91.1 cm³/mol. The SMILES string of the molecule is CCC1O[C@@H](O[C@H]2C(CC)O[C@H](C)C(C)[C@@H]2C)C(C)[C@@H](C)[C@@H]1O. The van der Waals surface area contributed by atoms with E-state index in [-0.39, 0.29) is 42.5 Å². The summed E-state index contributed by atoms with van der Waals surface area (Å²) in [5, 5.41) is 10.4. The fourth-order valence-electron chi connectivity index (χ4n) is 4.01. The molecule has 2 fully saturated rings. The molecule has 0 aliphatic carbocycles. The maximum Gasteiger partial charge on any atom is 0.161 e. The molecule has 0 aromatic rings. The molecule has 1 N–H and O–H groups in total. The van der Waals surface area contributed by atoms with Crippen molar-refractivity contribution in [3.8, 4) is 0 Å². The summed E-state index contributed by atoms with van der Waals surface area (Å²) >= 11 is 0. The number of aliphatic hydroxyl groups excluding tert-OH is 1. The summed E-state index contributed by atoms with van der Waals surface area (Å²) in [7, 11) is 0. The molecule has 0 saturated carbocycles. The highest BCUT2D eigenvalue weighted by molar-refractivity contribution is 4.90. The van der Waals surface area contributed by atoms with E-state index < -0.39 is 6.10 Å². The Bertz CT molecular complexity index is 370. The van der Waals surface area contributed by atoms with Crippen LogP contribution in [0.4, 0.5) is 0 Å². The van der Waals surface area contributed by atoms with Crippen LogP contribution >= 0.6 is 0 Å². The zero-order valence-electron chi connectivity index (χ0n) is 15.9. The average Bonchev–Trinajstić information content (AvgIpc) is 2.55. The summed E-state index contributed by atoms with van der Waals surface area (Å²) in [5.74, 6) is 1.25. The van der Waals surface area contributed by atoms with Gasteiger partial charge in [-0.15, -0.1) is 0 Å². The van der Waals surface area contributed by atoms with E-state index in [4.69, 9.17) is 14.2 Å². The molecule has 0 spiro atoms. The monoisotopic (exact) mass is 328 g/mol. The first-order valence-electron chi connectivity index (χ1n) is 9.46. The van der Waals surface area contributed by atoms with Gasteiger partial charge in [0, 0.05) is 5.92 Å². The molecular formula is C19H36O4. The van der Waals surface area contributed by atoms with E-state index in [1.54, 1.807) is 0 Å². The van der Waals surface area contributed by atoms with E-state index in [0.717, 1.165) is 12.8 Å². The third-order valence-electron chi connectivity index (χ3n) is 6.43. The first kappa shape index (κ1) is 19.2. The minimum Gasteiger partial charge on any atom is -0.390 e. The van der Waals surface area contributed by atoms with E-state index in [1.165, 1.54) is 0 Å². The summed E-state index contributed by atoms with van der Waals surface area (Å²) in [6, 6.07) is 0. The van der Waals surface area contributed by atoms with E-state index in [1.807, 2.05) is 0 Å². The highest BCUT2D eigenvalue weighted by atomic mass is 16.7. The molecule has 0 bridgehead atoms. The first-order valence-corrected chi connectivity index (χ1v) is 9.46. The molecule has 4 heteroatoms. The Labute approximate surface area is 141 Å². The second kappa shape index (κ2) is 7.81. The van der Waals surface area contributed by atoms with E-state index in [2.05, 4.69) is 48.5 Å².